The highest BCUT2D eigenvalue weighted by Crippen LogP contribution is 2.11. The van der Waals surface area contributed by atoms with Crippen LogP contribution >= 0.6 is 0 Å². The normalized spacial score (nSPS) is 12.1. The van der Waals surface area contributed by atoms with Crippen molar-refractivity contribution in [3.8, 4) is 5.75 Å². The van der Waals surface area contributed by atoms with E-state index in [2.05, 4.69) is 0 Å². The number of ether oxygens (including phenoxy) is 2. The molecule has 0 saturated carbocycles. The molecule has 0 fully saturated rings. The Hall–Kier alpha value is -1.55. The van der Waals surface area contributed by atoms with Crippen LogP contribution in [0.4, 0.5) is 0 Å². The third-order valence-corrected chi connectivity index (χ3v) is 2.06. The molecule has 0 amide bonds. The number of benzene rings is 1. The fourth-order valence-electron chi connectivity index (χ4n) is 1.16. The van der Waals surface area contributed by atoms with Crippen molar-refractivity contribution < 1.29 is 19.4 Å². The second kappa shape index (κ2) is 6.12. The van der Waals surface area contributed by atoms with E-state index in [1.54, 1.807) is 0 Å². The highest BCUT2D eigenvalue weighted by molar-refractivity contribution is 5.71. The summed E-state index contributed by atoms with van der Waals surface area (Å²) in [5.74, 6) is -0.192. The molecule has 16 heavy (non-hydrogen) atoms. The maximum Gasteiger partial charge on any atom is 0.332 e. The third kappa shape index (κ3) is 4.31. The van der Waals surface area contributed by atoms with Gasteiger partial charge < -0.3 is 14.6 Å². The summed E-state index contributed by atoms with van der Waals surface area (Å²) in [5.41, 5.74) is 1.12. The van der Waals surface area contributed by atoms with Gasteiger partial charge in [-0.25, -0.2) is 4.79 Å². The Bertz CT molecular complexity index is 349. The smallest absolute Gasteiger partial charge is 0.332 e. The molecule has 1 unspecified atom stereocenters. The maximum atomic E-state index is 10.4. The van der Waals surface area contributed by atoms with Gasteiger partial charge in [-0.15, -0.1) is 0 Å². The number of carbonyl (C=O) groups is 1. The van der Waals surface area contributed by atoms with Crippen LogP contribution in [0, 0.1) is 6.92 Å². The molecule has 0 saturated heterocycles. The Morgan fingerprint density at radius 1 is 1.44 bits per heavy atom. The fraction of sp³-hybridized carbons (Fsp3) is 0.417. The zero-order valence-corrected chi connectivity index (χ0v) is 9.47. The van der Waals surface area contributed by atoms with Crippen molar-refractivity contribution in [3.63, 3.8) is 0 Å². The summed E-state index contributed by atoms with van der Waals surface area (Å²) in [6, 6.07) is 7.66. The van der Waals surface area contributed by atoms with E-state index >= 15 is 0 Å². The van der Waals surface area contributed by atoms with Gasteiger partial charge in [-0.3, -0.25) is 0 Å². The molecule has 0 heterocycles. The molecule has 0 aliphatic carbocycles. The standard InChI is InChI=1S/C12H16O4/c1-9-4-3-5-11(8-9)16-7-6-15-10(2)12(13)14/h3-5,8,10H,6-7H2,1-2H3,(H,13,14). The van der Waals surface area contributed by atoms with Crippen LogP contribution in [0.2, 0.25) is 0 Å². The van der Waals surface area contributed by atoms with Crippen molar-refractivity contribution in [1.29, 1.82) is 0 Å². The maximum absolute atomic E-state index is 10.4. The van der Waals surface area contributed by atoms with Crippen LogP contribution in [0.3, 0.4) is 0 Å². The average molecular weight is 224 g/mol. The van der Waals surface area contributed by atoms with Gasteiger partial charge in [0.05, 0.1) is 6.61 Å². The van der Waals surface area contributed by atoms with Crippen molar-refractivity contribution >= 4 is 5.97 Å². The average Bonchev–Trinajstić information content (AvgIpc) is 2.24. The predicted molar refractivity (Wildman–Crippen MR) is 59.7 cm³/mol. The summed E-state index contributed by atoms with van der Waals surface area (Å²) in [5, 5.41) is 8.57. The molecule has 0 bridgehead atoms. The Morgan fingerprint density at radius 2 is 2.19 bits per heavy atom. The molecule has 1 aromatic carbocycles. The molecule has 1 N–H and O–H groups in total. The Labute approximate surface area is 94.8 Å². The highest BCUT2D eigenvalue weighted by Gasteiger charge is 2.09. The first-order valence-electron chi connectivity index (χ1n) is 5.13. The van der Waals surface area contributed by atoms with E-state index < -0.39 is 12.1 Å². The van der Waals surface area contributed by atoms with Gasteiger partial charge in [-0.2, -0.15) is 0 Å². The van der Waals surface area contributed by atoms with Gasteiger partial charge >= 0.3 is 5.97 Å². The van der Waals surface area contributed by atoms with Crippen molar-refractivity contribution in [3.05, 3.63) is 29.8 Å². The monoisotopic (exact) mass is 224 g/mol. The van der Waals surface area contributed by atoms with Crippen LogP contribution in [0.5, 0.6) is 5.75 Å². The molecule has 0 aromatic heterocycles. The molecular weight excluding hydrogens is 208 g/mol. The number of hydrogen-bond donors (Lipinski definition) is 1. The molecule has 0 radical (unpaired) electrons. The molecule has 4 nitrogen and oxygen atoms in total. The summed E-state index contributed by atoms with van der Waals surface area (Å²) in [6.45, 7) is 4.09. The van der Waals surface area contributed by atoms with Gasteiger partial charge in [0.1, 0.15) is 12.4 Å². The van der Waals surface area contributed by atoms with Gasteiger partial charge in [0.2, 0.25) is 0 Å². The first-order chi connectivity index (χ1) is 7.59. The SMILES string of the molecule is Cc1cccc(OCCOC(C)C(=O)O)c1. The lowest BCUT2D eigenvalue weighted by atomic mass is 10.2. The number of carboxylic acids is 1. The molecule has 4 heteroatoms. The van der Waals surface area contributed by atoms with Crippen molar-refractivity contribution in [2.45, 2.75) is 20.0 Å². The summed E-state index contributed by atoms with van der Waals surface area (Å²) in [6.07, 6.45) is -0.791. The van der Waals surface area contributed by atoms with Crippen LogP contribution in [-0.4, -0.2) is 30.4 Å². The fourth-order valence-corrected chi connectivity index (χ4v) is 1.16. The molecule has 0 aliphatic rings. The van der Waals surface area contributed by atoms with Crippen LogP contribution in [0.1, 0.15) is 12.5 Å². The van der Waals surface area contributed by atoms with E-state index in [4.69, 9.17) is 14.6 Å². The Morgan fingerprint density at radius 3 is 2.81 bits per heavy atom. The van der Waals surface area contributed by atoms with Gasteiger partial charge in [-0.1, -0.05) is 12.1 Å². The molecule has 1 rings (SSSR count). The van der Waals surface area contributed by atoms with E-state index in [0.29, 0.717) is 6.61 Å². The second-order valence-electron chi connectivity index (χ2n) is 3.52. The highest BCUT2D eigenvalue weighted by atomic mass is 16.5. The van der Waals surface area contributed by atoms with Crippen molar-refractivity contribution in [1.82, 2.24) is 0 Å². The van der Waals surface area contributed by atoms with E-state index in [1.807, 2.05) is 31.2 Å². The van der Waals surface area contributed by atoms with Crippen LogP contribution < -0.4 is 4.74 Å². The molecule has 0 spiro atoms. The molecule has 1 atom stereocenters. The Kier molecular flexibility index (Phi) is 4.79. The largest absolute Gasteiger partial charge is 0.491 e. The van der Waals surface area contributed by atoms with E-state index in [1.165, 1.54) is 6.92 Å². The first kappa shape index (κ1) is 12.5. The minimum absolute atomic E-state index is 0.265. The number of carboxylic acid groups (broad SMARTS) is 1. The molecule has 1 aromatic rings. The first-order valence-corrected chi connectivity index (χ1v) is 5.13. The van der Waals surface area contributed by atoms with Crippen LogP contribution in [0.25, 0.3) is 0 Å². The Balaban J connectivity index is 2.23. The van der Waals surface area contributed by atoms with Gasteiger partial charge in [0.15, 0.2) is 6.10 Å². The summed E-state index contributed by atoms with van der Waals surface area (Å²) in [7, 11) is 0. The minimum Gasteiger partial charge on any atom is -0.491 e. The zero-order valence-electron chi connectivity index (χ0n) is 9.47. The van der Waals surface area contributed by atoms with Gasteiger partial charge in [-0.05, 0) is 31.5 Å². The van der Waals surface area contributed by atoms with Crippen molar-refractivity contribution in [2.75, 3.05) is 13.2 Å². The van der Waals surface area contributed by atoms with Crippen LogP contribution in [-0.2, 0) is 9.53 Å². The number of hydrogen-bond acceptors (Lipinski definition) is 3. The summed E-state index contributed by atoms with van der Waals surface area (Å²) in [4.78, 5) is 10.4. The second-order valence-corrected chi connectivity index (χ2v) is 3.52. The summed E-state index contributed by atoms with van der Waals surface area (Å²) < 4.78 is 10.4. The number of rotatable bonds is 6. The lowest BCUT2D eigenvalue weighted by Gasteiger charge is -2.09. The van der Waals surface area contributed by atoms with Gasteiger partial charge in [0, 0.05) is 0 Å². The lowest BCUT2D eigenvalue weighted by molar-refractivity contribution is -0.149. The van der Waals surface area contributed by atoms with E-state index in [9.17, 15) is 4.79 Å². The van der Waals surface area contributed by atoms with E-state index in [-0.39, 0.29) is 6.61 Å². The predicted octanol–water partition coefficient (Wildman–Crippen LogP) is 1.86. The third-order valence-electron chi connectivity index (χ3n) is 2.06. The lowest BCUT2D eigenvalue weighted by Crippen LogP contribution is -2.22. The zero-order chi connectivity index (χ0) is 12.0. The van der Waals surface area contributed by atoms with Crippen LogP contribution in [0.15, 0.2) is 24.3 Å². The molecule has 88 valence electrons. The van der Waals surface area contributed by atoms with E-state index in [0.717, 1.165) is 11.3 Å². The number of aliphatic carboxylic acids is 1. The number of aryl methyl sites for hydroxylation is 1. The summed E-state index contributed by atoms with van der Waals surface area (Å²) >= 11 is 0. The van der Waals surface area contributed by atoms with Gasteiger partial charge in [0.25, 0.3) is 0 Å². The quantitative estimate of drug-likeness (QED) is 0.749. The topological polar surface area (TPSA) is 55.8 Å². The minimum atomic E-state index is -0.962. The van der Waals surface area contributed by atoms with Crippen molar-refractivity contribution in [2.24, 2.45) is 0 Å². The molecular formula is C12H16O4. The molecule has 0 aliphatic heterocycles.